The molecular weight excluding hydrogens is 326 g/mol. The van der Waals surface area contributed by atoms with Gasteiger partial charge in [-0.1, -0.05) is 64.2 Å². The summed E-state index contributed by atoms with van der Waals surface area (Å²) in [6, 6.07) is 9.85. The lowest BCUT2D eigenvalue weighted by molar-refractivity contribution is 0.116. The molecule has 1 aromatic rings. The van der Waals surface area contributed by atoms with Crippen LogP contribution in [-0.2, 0) is 21.4 Å². The van der Waals surface area contributed by atoms with Gasteiger partial charge in [0.1, 0.15) is 13.0 Å². The first-order chi connectivity index (χ1) is 10.5. The maximum absolute atomic E-state index is 12.9. The molecule has 1 fully saturated rings. The second-order valence-electron chi connectivity index (χ2n) is 8.14. The monoisotopic (exact) mass is 355 g/mol. The molecule has 0 aliphatic heterocycles. The van der Waals surface area contributed by atoms with Crippen molar-refractivity contribution >= 4 is 18.3 Å². The minimum absolute atomic E-state index is 0.0267. The van der Waals surface area contributed by atoms with Crippen molar-refractivity contribution in [2.75, 3.05) is 6.61 Å². The van der Waals surface area contributed by atoms with Crippen molar-refractivity contribution in [3.05, 3.63) is 35.9 Å². The molecule has 1 N–H and O–H groups in total. The first-order valence-corrected chi connectivity index (χ1v) is 12.6. The number of benzene rings is 1. The lowest BCUT2D eigenvalue weighted by Crippen LogP contribution is -2.57. The van der Waals surface area contributed by atoms with Crippen LogP contribution in [0.15, 0.2) is 30.3 Å². The number of nitrogens with one attached hydrogen (secondary N) is 1. The lowest BCUT2D eigenvalue weighted by Gasteiger charge is -2.38. The van der Waals surface area contributed by atoms with Gasteiger partial charge in [-0.2, -0.15) is 0 Å². The Bertz CT molecular complexity index is 632. The van der Waals surface area contributed by atoms with Crippen LogP contribution in [0.4, 0.5) is 0 Å². The van der Waals surface area contributed by atoms with Crippen LogP contribution in [-0.4, -0.2) is 28.0 Å². The predicted octanol–water partition coefficient (Wildman–Crippen LogP) is 3.66. The van der Waals surface area contributed by atoms with Crippen LogP contribution in [0.5, 0.6) is 0 Å². The summed E-state index contributed by atoms with van der Waals surface area (Å²) in [6.45, 7) is 11.2. The van der Waals surface area contributed by atoms with Crippen LogP contribution >= 0.6 is 0 Å². The molecule has 0 saturated heterocycles. The highest BCUT2D eigenvalue weighted by molar-refractivity contribution is 7.92. The SMILES string of the molecule is CC(C)(C)[Si](C)(C)NS(=O)(=O)C1(COCc2ccccc2)CC1. The molecule has 0 amide bonds. The molecule has 1 aliphatic carbocycles. The van der Waals surface area contributed by atoms with Gasteiger partial charge in [0.15, 0.2) is 0 Å². The maximum Gasteiger partial charge on any atom is 0.213 e. The number of hydrogen-bond donors (Lipinski definition) is 1. The third-order valence-electron chi connectivity index (χ3n) is 5.12. The van der Waals surface area contributed by atoms with Crippen molar-refractivity contribution < 1.29 is 13.2 Å². The van der Waals surface area contributed by atoms with Gasteiger partial charge in [0, 0.05) is 0 Å². The molecule has 0 heterocycles. The Morgan fingerprint density at radius 1 is 1.17 bits per heavy atom. The standard InChI is InChI=1S/C17H29NO3SSi/c1-16(2,3)23(4,5)18-22(19,20)17(11-12-17)14-21-13-15-9-7-6-8-10-15/h6-10,18H,11-14H2,1-5H3. The van der Waals surface area contributed by atoms with E-state index in [1.807, 2.05) is 30.3 Å². The van der Waals surface area contributed by atoms with Gasteiger partial charge < -0.3 is 4.74 Å². The highest BCUT2D eigenvalue weighted by atomic mass is 32.2. The fourth-order valence-corrected chi connectivity index (χ4v) is 7.81. The molecular formula is C17H29NO3SSi. The number of ether oxygens (including phenoxy) is 1. The summed E-state index contributed by atoms with van der Waals surface area (Å²) in [4.78, 5) is 0. The minimum Gasteiger partial charge on any atom is -0.375 e. The van der Waals surface area contributed by atoms with Crippen molar-refractivity contribution in [3.63, 3.8) is 0 Å². The highest BCUT2D eigenvalue weighted by Gasteiger charge is 2.57. The van der Waals surface area contributed by atoms with E-state index in [1.165, 1.54) is 0 Å². The summed E-state index contributed by atoms with van der Waals surface area (Å²) < 4.78 is 33.8. The van der Waals surface area contributed by atoms with Crippen LogP contribution in [0.2, 0.25) is 18.1 Å². The van der Waals surface area contributed by atoms with Gasteiger partial charge in [-0.15, -0.1) is 0 Å². The van der Waals surface area contributed by atoms with Crippen LogP contribution in [0.25, 0.3) is 0 Å². The average Bonchev–Trinajstić information content (AvgIpc) is 3.19. The smallest absolute Gasteiger partial charge is 0.213 e. The van der Waals surface area contributed by atoms with Gasteiger partial charge in [-0.25, -0.2) is 12.8 Å². The van der Waals surface area contributed by atoms with Gasteiger partial charge in [0.2, 0.25) is 10.0 Å². The second-order valence-corrected chi connectivity index (χ2v) is 15.6. The molecule has 130 valence electrons. The fourth-order valence-electron chi connectivity index (χ4n) is 2.16. The Hall–Kier alpha value is -0.693. The van der Waals surface area contributed by atoms with E-state index in [0.29, 0.717) is 19.4 Å². The highest BCUT2D eigenvalue weighted by Crippen LogP contribution is 2.45. The number of rotatable bonds is 7. The zero-order valence-corrected chi connectivity index (χ0v) is 16.7. The molecule has 23 heavy (non-hydrogen) atoms. The molecule has 0 atom stereocenters. The Labute approximate surface area is 141 Å². The van der Waals surface area contributed by atoms with Crippen molar-refractivity contribution in [2.45, 2.75) is 63.1 Å². The van der Waals surface area contributed by atoms with E-state index in [0.717, 1.165) is 5.56 Å². The molecule has 0 spiro atoms. The average molecular weight is 356 g/mol. The van der Waals surface area contributed by atoms with E-state index in [1.54, 1.807) is 0 Å². The first-order valence-electron chi connectivity index (χ1n) is 8.14. The summed E-state index contributed by atoms with van der Waals surface area (Å²) in [5, 5.41) is -0.0267. The van der Waals surface area contributed by atoms with Crippen molar-refractivity contribution in [1.29, 1.82) is 0 Å². The number of hydrogen-bond acceptors (Lipinski definition) is 3. The maximum atomic E-state index is 12.9. The Morgan fingerprint density at radius 2 is 1.74 bits per heavy atom. The summed E-state index contributed by atoms with van der Waals surface area (Å²) in [5.74, 6) is 0. The Balaban J connectivity index is 1.99. The minimum atomic E-state index is -3.36. The summed E-state index contributed by atoms with van der Waals surface area (Å²) >= 11 is 0. The van der Waals surface area contributed by atoms with Gasteiger partial charge in [0.25, 0.3) is 0 Å². The van der Waals surface area contributed by atoms with E-state index >= 15 is 0 Å². The van der Waals surface area contributed by atoms with E-state index < -0.39 is 23.0 Å². The molecule has 1 saturated carbocycles. The third-order valence-corrected chi connectivity index (χ3v) is 13.7. The summed E-state index contributed by atoms with van der Waals surface area (Å²) in [7, 11) is -5.46. The normalized spacial score (nSPS) is 18.0. The van der Waals surface area contributed by atoms with E-state index in [9.17, 15) is 8.42 Å². The molecule has 0 unspecified atom stereocenters. The van der Waals surface area contributed by atoms with E-state index in [2.05, 4.69) is 38.3 Å². The van der Waals surface area contributed by atoms with Crippen LogP contribution in [0.3, 0.4) is 0 Å². The molecule has 2 rings (SSSR count). The molecule has 0 aromatic heterocycles. The van der Waals surface area contributed by atoms with Crippen molar-refractivity contribution in [1.82, 2.24) is 4.39 Å². The molecule has 4 nitrogen and oxygen atoms in total. The van der Waals surface area contributed by atoms with Gasteiger partial charge in [-0.05, 0) is 23.4 Å². The Morgan fingerprint density at radius 3 is 2.22 bits per heavy atom. The molecule has 1 aliphatic rings. The van der Waals surface area contributed by atoms with Crippen LogP contribution in [0, 0.1) is 0 Å². The molecule has 0 bridgehead atoms. The van der Waals surface area contributed by atoms with E-state index in [4.69, 9.17) is 4.74 Å². The molecule has 0 radical (unpaired) electrons. The Kier molecular flexibility index (Phi) is 5.12. The zero-order valence-electron chi connectivity index (χ0n) is 14.8. The number of sulfonamides is 1. The first kappa shape index (κ1) is 18.6. The molecule has 1 aromatic carbocycles. The second kappa shape index (κ2) is 6.31. The van der Waals surface area contributed by atoms with Gasteiger partial charge in [0.05, 0.1) is 13.2 Å². The van der Waals surface area contributed by atoms with Crippen LogP contribution in [0.1, 0.15) is 39.2 Å². The van der Waals surface area contributed by atoms with Crippen molar-refractivity contribution in [2.24, 2.45) is 0 Å². The largest absolute Gasteiger partial charge is 0.375 e. The summed E-state index contributed by atoms with van der Waals surface area (Å²) in [5.41, 5.74) is 1.07. The van der Waals surface area contributed by atoms with Crippen LogP contribution < -0.4 is 4.39 Å². The topological polar surface area (TPSA) is 55.4 Å². The van der Waals surface area contributed by atoms with Gasteiger partial charge >= 0.3 is 0 Å². The molecule has 6 heteroatoms. The lowest BCUT2D eigenvalue weighted by atomic mass is 10.2. The summed E-state index contributed by atoms with van der Waals surface area (Å²) in [6.07, 6.45) is 1.37. The van der Waals surface area contributed by atoms with Crippen molar-refractivity contribution in [3.8, 4) is 0 Å². The zero-order chi connectivity index (χ0) is 17.4. The van der Waals surface area contributed by atoms with Gasteiger partial charge in [-0.3, -0.25) is 0 Å². The third kappa shape index (κ3) is 4.23. The quantitative estimate of drug-likeness (QED) is 0.759. The van der Waals surface area contributed by atoms with E-state index in [-0.39, 0.29) is 11.6 Å². The predicted molar refractivity (Wildman–Crippen MR) is 97.3 cm³/mol. The fraction of sp³-hybridized carbons (Fsp3) is 0.647.